The molecule has 1 saturated carbocycles. The maximum atomic E-state index is 12.8. The molecule has 1 aliphatic heterocycles. The zero-order valence-electron chi connectivity index (χ0n) is 13.9. The average Bonchev–Trinajstić information content (AvgIpc) is 3.34. The number of nitrogens with one attached hydrogen (secondary N) is 2. The van der Waals surface area contributed by atoms with Gasteiger partial charge in [-0.1, -0.05) is 41.9 Å². The second-order valence-corrected chi connectivity index (χ2v) is 6.90. The van der Waals surface area contributed by atoms with Crippen LogP contribution < -0.4 is 10.6 Å². The van der Waals surface area contributed by atoms with E-state index in [1.54, 1.807) is 24.3 Å². The van der Waals surface area contributed by atoms with Crippen molar-refractivity contribution in [1.29, 1.82) is 0 Å². The number of rotatable bonds is 5. The Morgan fingerprint density at radius 3 is 2.38 bits per heavy atom. The van der Waals surface area contributed by atoms with Crippen LogP contribution in [0.5, 0.6) is 0 Å². The van der Waals surface area contributed by atoms with Crippen molar-refractivity contribution in [3.8, 4) is 0 Å². The molecule has 26 heavy (non-hydrogen) atoms. The van der Waals surface area contributed by atoms with Gasteiger partial charge in [0.2, 0.25) is 0 Å². The standard InChI is InChI=1S/C20H17ClN2O3/c21-14-6-8-15(9-7-14)22-16-12-26-19(25)17(16)18(24)23-20(10-11-20)13-4-2-1-3-5-13/h1-9,22H,10-12H2,(H,23,24). The molecular formula is C20H17ClN2O3. The van der Waals surface area contributed by atoms with E-state index >= 15 is 0 Å². The lowest BCUT2D eigenvalue weighted by Crippen LogP contribution is -2.37. The van der Waals surface area contributed by atoms with Crippen molar-refractivity contribution in [2.45, 2.75) is 18.4 Å². The number of ether oxygens (including phenoxy) is 1. The summed E-state index contributed by atoms with van der Waals surface area (Å²) in [4.78, 5) is 24.9. The second kappa shape index (κ2) is 6.50. The number of esters is 1. The molecule has 0 atom stereocenters. The molecule has 1 heterocycles. The Morgan fingerprint density at radius 1 is 1.04 bits per heavy atom. The van der Waals surface area contributed by atoms with Crippen LogP contribution in [-0.2, 0) is 19.9 Å². The Labute approximate surface area is 156 Å². The van der Waals surface area contributed by atoms with Gasteiger partial charge in [0.1, 0.15) is 12.2 Å². The van der Waals surface area contributed by atoms with E-state index in [1.807, 2.05) is 30.3 Å². The van der Waals surface area contributed by atoms with Gasteiger partial charge >= 0.3 is 5.97 Å². The molecule has 0 bridgehead atoms. The smallest absolute Gasteiger partial charge is 0.346 e. The van der Waals surface area contributed by atoms with Crippen LogP contribution in [0.15, 0.2) is 65.9 Å². The molecule has 0 aromatic heterocycles. The molecule has 1 fully saturated rings. The maximum Gasteiger partial charge on any atom is 0.346 e. The zero-order chi connectivity index (χ0) is 18.1. The Morgan fingerprint density at radius 2 is 1.73 bits per heavy atom. The van der Waals surface area contributed by atoms with Gasteiger partial charge in [0.25, 0.3) is 5.91 Å². The number of hydrogen-bond donors (Lipinski definition) is 2. The third kappa shape index (κ3) is 3.18. The van der Waals surface area contributed by atoms with E-state index < -0.39 is 11.9 Å². The lowest BCUT2D eigenvalue weighted by molar-refractivity contribution is -0.137. The van der Waals surface area contributed by atoms with Crippen LogP contribution in [-0.4, -0.2) is 18.5 Å². The van der Waals surface area contributed by atoms with E-state index in [9.17, 15) is 9.59 Å². The molecule has 5 nitrogen and oxygen atoms in total. The molecule has 0 spiro atoms. The van der Waals surface area contributed by atoms with Gasteiger partial charge in [0.15, 0.2) is 0 Å². The topological polar surface area (TPSA) is 67.4 Å². The highest BCUT2D eigenvalue weighted by Gasteiger charge is 2.47. The monoisotopic (exact) mass is 368 g/mol. The molecule has 2 aromatic rings. The van der Waals surface area contributed by atoms with Crippen molar-refractivity contribution >= 4 is 29.2 Å². The fourth-order valence-electron chi connectivity index (χ4n) is 3.09. The molecule has 0 unspecified atom stereocenters. The molecule has 0 radical (unpaired) electrons. The minimum atomic E-state index is -0.608. The highest BCUT2D eigenvalue weighted by molar-refractivity contribution is 6.30. The summed E-state index contributed by atoms with van der Waals surface area (Å²) in [5, 5.41) is 6.72. The van der Waals surface area contributed by atoms with Gasteiger partial charge in [0.05, 0.1) is 11.2 Å². The normalized spacial score (nSPS) is 17.7. The van der Waals surface area contributed by atoms with Gasteiger partial charge in [-0.15, -0.1) is 0 Å². The number of anilines is 1. The van der Waals surface area contributed by atoms with Crippen LogP contribution in [0.1, 0.15) is 18.4 Å². The minimum Gasteiger partial charge on any atom is -0.455 e. The SMILES string of the molecule is O=C(NC1(c2ccccc2)CC1)C1=C(Nc2ccc(Cl)cc2)COC1=O. The van der Waals surface area contributed by atoms with E-state index in [0.29, 0.717) is 10.7 Å². The van der Waals surface area contributed by atoms with Gasteiger partial charge in [-0.05, 0) is 42.7 Å². The summed E-state index contributed by atoms with van der Waals surface area (Å²) < 4.78 is 5.07. The Bertz CT molecular complexity index is 887. The van der Waals surface area contributed by atoms with Gasteiger partial charge in [-0.3, -0.25) is 4.79 Å². The number of benzene rings is 2. The first-order valence-corrected chi connectivity index (χ1v) is 8.76. The quantitative estimate of drug-likeness (QED) is 0.627. The van der Waals surface area contributed by atoms with Crippen LogP contribution in [0.2, 0.25) is 5.02 Å². The van der Waals surface area contributed by atoms with Crippen molar-refractivity contribution < 1.29 is 14.3 Å². The third-order valence-corrected chi connectivity index (χ3v) is 4.90. The Balaban J connectivity index is 1.56. The second-order valence-electron chi connectivity index (χ2n) is 6.46. The molecule has 1 amide bonds. The average molecular weight is 369 g/mol. The summed E-state index contributed by atoms with van der Waals surface area (Å²) in [6.45, 7) is 0.0442. The molecule has 2 aromatic carbocycles. The van der Waals surface area contributed by atoms with E-state index in [2.05, 4.69) is 10.6 Å². The molecular weight excluding hydrogens is 352 g/mol. The first-order valence-electron chi connectivity index (χ1n) is 8.38. The molecule has 0 saturated heterocycles. The molecule has 132 valence electrons. The predicted molar refractivity (Wildman–Crippen MR) is 98.6 cm³/mol. The Kier molecular flexibility index (Phi) is 4.17. The first-order chi connectivity index (χ1) is 12.6. The van der Waals surface area contributed by atoms with Crippen molar-refractivity contribution in [2.75, 3.05) is 11.9 Å². The third-order valence-electron chi connectivity index (χ3n) is 4.65. The maximum absolute atomic E-state index is 12.8. The van der Waals surface area contributed by atoms with E-state index in [1.165, 1.54) is 0 Å². The van der Waals surface area contributed by atoms with E-state index in [0.717, 1.165) is 24.1 Å². The van der Waals surface area contributed by atoms with Crippen LogP contribution in [0.4, 0.5) is 5.69 Å². The molecule has 2 N–H and O–H groups in total. The molecule has 2 aliphatic rings. The van der Waals surface area contributed by atoms with Crippen molar-refractivity contribution in [3.05, 3.63) is 76.5 Å². The Hall–Kier alpha value is -2.79. The lowest BCUT2D eigenvalue weighted by atomic mass is 10.0. The fourth-order valence-corrected chi connectivity index (χ4v) is 3.21. The van der Waals surface area contributed by atoms with Gasteiger partial charge in [-0.2, -0.15) is 0 Å². The molecule has 4 rings (SSSR count). The first kappa shape index (κ1) is 16.7. The largest absolute Gasteiger partial charge is 0.455 e. The van der Waals surface area contributed by atoms with E-state index in [4.69, 9.17) is 16.3 Å². The zero-order valence-corrected chi connectivity index (χ0v) is 14.7. The summed E-state index contributed by atoms with van der Waals surface area (Å²) in [6.07, 6.45) is 1.70. The number of halogens is 1. The summed E-state index contributed by atoms with van der Waals surface area (Å²) in [5.41, 5.74) is 1.88. The number of hydrogen-bond acceptors (Lipinski definition) is 4. The number of carbonyl (C=O) groups excluding carboxylic acids is 2. The van der Waals surface area contributed by atoms with Gasteiger partial charge < -0.3 is 15.4 Å². The molecule has 1 aliphatic carbocycles. The van der Waals surface area contributed by atoms with Gasteiger partial charge in [-0.25, -0.2) is 4.79 Å². The van der Waals surface area contributed by atoms with Crippen LogP contribution >= 0.6 is 11.6 Å². The van der Waals surface area contributed by atoms with Crippen molar-refractivity contribution in [3.63, 3.8) is 0 Å². The molecule has 6 heteroatoms. The van der Waals surface area contributed by atoms with Gasteiger partial charge in [0, 0.05) is 10.7 Å². The fraction of sp³-hybridized carbons (Fsp3) is 0.200. The summed E-state index contributed by atoms with van der Waals surface area (Å²) in [7, 11) is 0. The van der Waals surface area contributed by atoms with E-state index in [-0.39, 0.29) is 17.7 Å². The highest BCUT2D eigenvalue weighted by atomic mass is 35.5. The predicted octanol–water partition coefficient (Wildman–Crippen LogP) is 3.37. The van der Waals surface area contributed by atoms with Crippen LogP contribution in [0, 0.1) is 0 Å². The number of cyclic esters (lactones) is 1. The minimum absolute atomic E-state index is 0.0298. The summed E-state index contributed by atoms with van der Waals surface area (Å²) in [6, 6.07) is 16.8. The number of carbonyl (C=O) groups is 2. The van der Waals surface area contributed by atoms with Crippen molar-refractivity contribution in [2.24, 2.45) is 0 Å². The lowest BCUT2D eigenvalue weighted by Gasteiger charge is -2.18. The van der Waals surface area contributed by atoms with Crippen molar-refractivity contribution in [1.82, 2.24) is 5.32 Å². The summed E-state index contributed by atoms with van der Waals surface area (Å²) in [5.74, 6) is -1.02. The van der Waals surface area contributed by atoms with Crippen LogP contribution in [0.3, 0.4) is 0 Å². The van der Waals surface area contributed by atoms with Crippen LogP contribution in [0.25, 0.3) is 0 Å². The number of amides is 1. The summed E-state index contributed by atoms with van der Waals surface area (Å²) >= 11 is 5.89. The highest BCUT2D eigenvalue weighted by Crippen LogP contribution is 2.45.